The first-order valence-electron chi connectivity index (χ1n) is 18.6. The van der Waals surface area contributed by atoms with Crippen LogP contribution in [0.2, 0.25) is 18.1 Å². The first kappa shape index (κ1) is 35.7. The molecule has 4 fully saturated rings. The van der Waals surface area contributed by atoms with E-state index >= 15 is 0 Å². The van der Waals surface area contributed by atoms with Crippen LogP contribution >= 0.6 is 0 Å². The van der Waals surface area contributed by atoms with Crippen molar-refractivity contribution in [1.29, 1.82) is 0 Å². The van der Waals surface area contributed by atoms with E-state index in [9.17, 15) is 4.79 Å². The maximum atomic E-state index is 12.6. The lowest BCUT2D eigenvalue weighted by Gasteiger charge is -2.57. The van der Waals surface area contributed by atoms with E-state index in [-0.39, 0.29) is 11.1 Å². The quantitative estimate of drug-likeness (QED) is 0.116. The molecule has 4 saturated carbocycles. The predicted octanol–water partition coefficient (Wildman–Crippen LogP) is 9.25. The highest BCUT2D eigenvalue weighted by atomic mass is 28.4. The molecule has 0 aliphatic heterocycles. The Labute approximate surface area is 295 Å². The molecule has 4 aliphatic rings. The molecule has 7 heteroatoms. The second-order valence-corrected chi connectivity index (χ2v) is 21.6. The van der Waals surface area contributed by atoms with Crippen molar-refractivity contribution in [3.8, 4) is 11.5 Å². The zero-order chi connectivity index (χ0) is 34.6. The Morgan fingerprint density at radius 2 is 1.57 bits per heavy atom. The van der Waals surface area contributed by atoms with E-state index in [2.05, 4.69) is 63.4 Å². The number of hydrogen-bond acceptors (Lipinski definition) is 5. The van der Waals surface area contributed by atoms with Crippen molar-refractivity contribution in [2.75, 3.05) is 19.7 Å². The molecule has 3 aromatic carbocycles. The van der Waals surface area contributed by atoms with Crippen molar-refractivity contribution in [3.63, 3.8) is 0 Å². The number of rotatable bonds is 16. The molecule has 4 bridgehead atoms. The predicted molar refractivity (Wildman–Crippen MR) is 200 cm³/mol. The van der Waals surface area contributed by atoms with Crippen LogP contribution in [-0.4, -0.2) is 33.9 Å². The Balaban J connectivity index is 1.06. The van der Waals surface area contributed by atoms with Crippen LogP contribution in [0.4, 0.5) is 0 Å². The van der Waals surface area contributed by atoms with Gasteiger partial charge in [0.25, 0.3) is 5.91 Å². The van der Waals surface area contributed by atoms with E-state index in [0.29, 0.717) is 29.9 Å². The van der Waals surface area contributed by atoms with Crippen LogP contribution in [0.15, 0.2) is 72.8 Å². The van der Waals surface area contributed by atoms with Crippen molar-refractivity contribution >= 4 is 14.2 Å². The number of primary amides is 1. The number of nitrogens with two attached hydrogens (primary N) is 1. The molecule has 3 aromatic rings. The van der Waals surface area contributed by atoms with Gasteiger partial charge in [-0.3, -0.25) is 4.79 Å². The number of benzene rings is 3. The summed E-state index contributed by atoms with van der Waals surface area (Å²) in [6, 6.07) is 24.2. The van der Waals surface area contributed by atoms with Crippen LogP contribution < -0.4 is 20.5 Å². The molecule has 1 atom stereocenters. The third-order valence-electron chi connectivity index (χ3n) is 12.0. The first-order valence-corrected chi connectivity index (χ1v) is 21.5. The van der Waals surface area contributed by atoms with Gasteiger partial charge in [-0.2, -0.15) is 0 Å². The van der Waals surface area contributed by atoms with Crippen LogP contribution in [0.25, 0.3) is 0 Å². The fraction of sp³-hybridized carbons (Fsp3) is 0.548. The number of ether oxygens (including phenoxy) is 2. The first-order chi connectivity index (χ1) is 23.4. The molecule has 0 spiro atoms. The fourth-order valence-electron chi connectivity index (χ4n) is 8.80. The van der Waals surface area contributed by atoms with Crippen molar-refractivity contribution in [3.05, 3.63) is 95.1 Å². The summed E-state index contributed by atoms with van der Waals surface area (Å²) >= 11 is 0. The molecular weight excluding hydrogens is 625 g/mol. The third kappa shape index (κ3) is 8.97. The summed E-state index contributed by atoms with van der Waals surface area (Å²) in [5, 5.41) is 3.70. The van der Waals surface area contributed by atoms with Gasteiger partial charge in [0.2, 0.25) is 0 Å². The van der Waals surface area contributed by atoms with Crippen LogP contribution in [-0.2, 0) is 17.5 Å². The summed E-state index contributed by atoms with van der Waals surface area (Å²) in [5.41, 5.74) is 10.0. The van der Waals surface area contributed by atoms with E-state index < -0.39 is 14.2 Å². The Kier molecular flexibility index (Phi) is 10.9. The molecular formula is C42H58N2O4Si. The van der Waals surface area contributed by atoms with Crippen LogP contribution in [0, 0.1) is 23.2 Å². The lowest BCUT2D eigenvalue weighted by Crippen LogP contribution is -2.46. The van der Waals surface area contributed by atoms with Gasteiger partial charge in [-0.25, -0.2) is 0 Å². The number of carbonyl (C=O) groups is 1. The maximum absolute atomic E-state index is 12.6. The van der Waals surface area contributed by atoms with E-state index in [0.717, 1.165) is 54.2 Å². The Bertz CT molecular complexity index is 1530. The minimum atomic E-state index is -2.14. The summed E-state index contributed by atoms with van der Waals surface area (Å²) in [6.07, 6.45) is 10.6. The molecule has 4 aliphatic carbocycles. The van der Waals surface area contributed by atoms with Gasteiger partial charge >= 0.3 is 0 Å². The van der Waals surface area contributed by atoms with Gasteiger partial charge in [0.1, 0.15) is 18.1 Å². The largest absolute Gasteiger partial charge is 0.494 e. The molecule has 49 heavy (non-hydrogen) atoms. The zero-order valence-electron chi connectivity index (χ0n) is 30.4. The second-order valence-electron chi connectivity index (χ2n) is 16.9. The molecule has 7 rings (SSSR count). The van der Waals surface area contributed by atoms with Crippen LogP contribution in [0.1, 0.15) is 98.9 Å². The highest BCUT2D eigenvalue weighted by Crippen LogP contribution is 2.61. The number of amides is 1. The van der Waals surface area contributed by atoms with Crippen molar-refractivity contribution < 1.29 is 18.7 Å². The van der Waals surface area contributed by atoms with Crippen molar-refractivity contribution in [1.82, 2.24) is 5.32 Å². The summed E-state index contributed by atoms with van der Waals surface area (Å²) < 4.78 is 19.4. The van der Waals surface area contributed by atoms with Gasteiger partial charge in [-0.1, -0.05) is 69.3 Å². The summed E-state index contributed by atoms with van der Waals surface area (Å²) in [5.74, 6) is 3.91. The summed E-state index contributed by atoms with van der Waals surface area (Å²) in [6.45, 7) is 13.9. The molecule has 0 radical (unpaired) electrons. The minimum absolute atomic E-state index is 0.0344. The van der Waals surface area contributed by atoms with Crippen LogP contribution in [0.5, 0.6) is 11.5 Å². The highest BCUT2D eigenvalue weighted by Gasteiger charge is 2.50. The molecule has 0 heterocycles. The molecule has 6 nitrogen and oxygen atoms in total. The fourth-order valence-corrected chi connectivity index (χ4v) is 10.1. The Morgan fingerprint density at radius 1 is 0.898 bits per heavy atom. The van der Waals surface area contributed by atoms with E-state index in [1.54, 1.807) is 0 Å². The molecule has 0 aromatic heterocycles. The van der Waals surface area contributed by atoms with Gasteiger partial charge in [0, 0.05) is 6.54 Å². The molecule has 0 unspecified atom stereocenters. The average Bonchev–Trinajstić information content (AvgIpc) is 3.04. The Hall–Kier alpha value is -3.13. The number of carbonyl (C=O) groups excluding carboxylic acids is 1. The maximum Gasteiger partial charge on any atom is 0.252 e. The second kappa shape index (κ2) is 15.0. The van der Waals surface area contributed by atoms with E-state index in [1.807, 2.05) is 48.5 Å². The summed E-state index contributed by atoms with van der Waals surface area (Å²) in [4.78, 5) is 12.6. The molecule has 3 N–H and O–H groups in total. The van der Waals surface area contributed by atoms with Crippen molar-refractivity contribution in [2.24, 2.45) is 28.9 Å². The van der Waals surface area contributed by atoms with E-state index in [4.69, 9.17) is 19.6 Å². The zero-order valence-corrected chi connectivity index (χ0v) is 31.4. The molecule has 264 valence electrons. The smallest absolute Gasteiger partial charge is 0.252 e. The molecule has 1 amide bonds. The normalized spacial score (nSPS) is 23.7. The van der Waals surface area contributed by atoms with Crippen LogP contribution in [0.3, 0.4) is 0 Å². The Morgan fingerprint density at radius 3 is 2.22 bits per heavy atom. The average molecular weight is 683 g/mol. The van der Waals surface area contributed by atoms with Crippen molar-refractivity contribution in [2.45, 2.75) is 103 Å². The lowest BCUT2D eigenvalue weighted by atomic mass is 9.49. The third-order valence-corrected chi connectivity index (χ3v) is 16.5. The van der Waals surface area contributed by atoms with Gasteiger partial charge in [0.15, 0.2) is 8.32 Å². The number of hydrogen-bond donors (Lipinski definition) is 2. The number of nitrogens with one attached hydrogen (secondary N) is 1. The van der Waals surface area contributed by atoms with Gasteiger partial charge in [-0.15, -0.1) is 0 Å². The topological polar surface area (TPSA) is 82.8 Å². The SMILES string of the molecule is CC(C)(C)[Si](C)(C)O[C@@H](CNCCc1cccc(OCCC23CC4CC(CC(C4)C2)C3)c1)c1ccc(OCc2ccccc2)c(C(N)=O)c1. The summed E-state index contributed by atoms with van der Waals surface area (Å²) in [7, 11) is -2.14. The van der Waals surface area contributed by atoms with E-state index in [1.165, 1.54) is 50.5 Å². The van der Waals surface area contributed by atoms with Gasteiger partial charge in [0.05, 0.1) is 18.3 Å². The minimum Gasteiger partial charge on any atom is -0.494 e. The van der Waals surface area contributed by atoms with Gasteiger partial charge in [-0.05, 0) is 140 Å². The standard InChI is InChI=1S/C42H58N2O4Si/c1-41(2,3)49(4,5)48-39(35-14-15-38(37(24-35)40(43)45)47-29-31-10-7-6-8-11-31)28-44-18-16-30-12-9-13-36(23-30)46-19-17-42-25-32-20-33(26-42)22-34(21-32)27-42/h6-15,23-24,32-34,39,44H,16-22,25-29H2,1-5H3,(H2,43,45)/t32?,33?,34?,39-,42?/m0/s1. The molecule has 0 saturated heterocycles. The lowest BCUT2D eigenvalue weighted by molar-refractivity contribution is -0.0622. The monoisotopic (exact) mass is 682 g/mol. The van der Waals surface area contributed by atoms with Gasteiger partial charge < -0.3 is 25.0 Å². The highest BCUT2D eigenvalue weighted by molar-refractivity contribution is 6.74.